The minimum atomic E-state index is -0.802. The monoisotopic (exact) mass is 469 g/mol. The molecule has 1 fully saturated rings. The van der Waals surface area contributed by atoms with E-state index >= 15 is 0 Å². The van der Waals surface area contributed by atoms with Gasteiger partial charge < -0.3 is 20.3 Å². The first-order chi connectivity index (χ1) is 16.1. The van der Waals surface area contributed by atoms with E-state index in [1.165, 1.54) is 24.3 Å². The van der Waals surface area contributed by atoms with Crippen molar-refractivity contribution in [1.82, 2.24) is 10.2 Å². The van der Waals surface area contributed by atoms with Crippen molar-refractivity contribution >= 4 is 23.6 Å². The fourth-order valence-electron chi connectivity index (χ4n) is 3.76. The van der Waals surface area contributed by atoms with Crippen LogP contribution in [-0.4, -0.2) is 47.5 Å². The van der Waals surface area contributed by atoms with E-state index in [1.54, 1.807) is 4.90 Å². The van der Waals surface area contributed by atoms with Gasteiger partial charge in [0, 0.05) is 31.1 Å². The lowest BCUT2D eigenvalue weighted by Crippen LogP contribution is -2.50. The number of nitrogens with one attached hydrogen (secondary N) is 2. The SMILES string of the molecule is CC(C)(C)OC(=O)N1CCC(C(=O)N[C@@H](Cc2ccccc2)C(=O)Nc2ccc(F)cc2)CC1. The van der Waals surface area contributed by atoms with Crippen LogP contribution in [0.4, 0.5) is 14.9 Å². The first-order valence-corrected chi connectivity index (χ1v) is 11.5. The Morgan fingerprint density at radius 1 is 1.03 bits per heavy atom. The third-order valence-electron chi connectivity index (χ3n) is 5.54. The molecule has 2 N–H and O–H groups in total. The quantitative estimate of drug-likeness (QED) is 0.666. The van der Waals surface area contributed by atoms with Crippen LogP contribution in [-0.2, 0) is 20.7 Å². The second-order valence-corrected chi connectivity index (χ2v) is 9.49. The number of nitrogens with zero attached hydrogens (tertiary/aromatic N) is 1. The molecule has 1 heterocycles. The summed E-state index contributed by atoms with van der Waals surface area (Å²) in [4.78, 5) is 39.9. The summed E-state index contributed by atoms with van der Waals surface area (Å²) in [6.07, 6.45) is 0.911. The van der Waals surface area contributed by atoms with Crippen LogP contribution in [0, 0.1) is 11.7 Å². The van der Waals surface area contributed by atoms with Crippen molar-refractivity contribution in [3.05, 3.63) is 66.0 Å². The largest absolute Gasteiger partial charge is 0.444 e. The van der Waals surface area contributed by atoms with Gasteiger partial charge in [0.2, 0.25) is 11.8 Å². The molecule has 3 rings (SSSR count). The molecule has 182 valence electrons. The number of hydrogen-bond donors (Lipinski definition) is 2. The van der Waals surface area contributed by atoms with Crippen LogP contribution in [0.3, 0.4) is 0 Å². The molecule has 2 aromatic rings. The molecule has 0 aromatic heterocycles. The number of rotatable bonds is 6. The average Bonchev–Trinajstić information content (AvgIpc) is 2.79. The minimum Gasteiger partial charge on any atom is -0.444 e. The summed E-state index contributed by atoms with van der Waals surface area (Å²) in [6.45, 7) is 6.27. The van der Waals surface area contributed by atoms with Gasteiger partial charge in [0.05, 0.1) is 0 Å². The summed E-state index contributed by atoms with van der Waals surface area (Å²) in [6, 6.07) is 14.1. The molecule has 0 bridgehead atoms. The second-order valence-electron chi connectivity index (χ2n) is 9.49. The van der Waals surface area contributed by atoms with Crippen LogP contribution in [0.5, 0.6) is 0 Å². The molecule has 3 amide bonds. The van der Waals surface area contributed by atoms with E-state index < -0.39 is 17.5 Å². The number of likely N-dealkylation sites (tertiary alicyclic amines) is 1. The van der Waals surface area contributed by atoms with Gasteiger partial charge in [0.25, 0.3) is 0 Å². The van der Waals surface area contributed by atoms with Crippen molar-refractivity contribution in [1.29, 1.82) is 0 Å². The Morgan fingerprint density at radius 2 is 1.65 bits per heavy atom. The van der Waals surface area contributed by atoms with Gasteiger partial charge in [0.1, 0.15) is 17.5 Å². The van der Waals surface area contributed by atoms with Crippen molar-refractivity contribution in [2.24, 2.45) is 5.92 Å². The maximum atomic E-state index is 13.2. The predicted molar refractivity (Wildman–Crippen MR) is 128 cm³/mol. The van der Waals surface area contributed by atoms with E-state index in [1.807, 2.05) is 51.1 Å². The molecule has 1 aliphatic rings. The molecule has 8 heteroatoms. The number of hydrogen-bond acceptors (Lipinski definition) is 4. The number of carbonyl (C=O) groups excluding carboxylic acids is 3. The molecule has 0 unspecified atom stereocenters. The fourth-order valence-corrected chi connectivity index (χ4v) is 3.76. The van der Waals surface area contributed by atoms with Crippen molar-refractivity contribution in [2.75, 3.05) is 18.4 Å². The van der Waals surface area contributed by atoms with Crippen molar-refractivity contribution in [3.8, 4) is 0 Å². The van der Waals surface area contributed by atoms with Gasteiger partial charge in [-0.05, 0) is 63.4 Å². The molecule has 0 saturated carbocycles. The van der Waals surface area contributed by atoms with Crippen molar-refractivity contribution in [3.63, 3.8) is 0 Å². The summed E-state index contributed by atoms with van der Waals surface area (Å²) < 4.78 is 18.6. The Kier molecular flexibility index (Phi) is 8.26. The molecule has 0 radical (unpaired) electrons. The number of ether oxygens (including phenoxy) is 1. The lowest BCUT2D eigenvalue weighted by molar-refractivity contribution is -0.130. The highest BCUT2D eigenvalue weighted by Crippen LogP contribution is 2.20. The third kappa shape index (κ3) is 7.57. The van der Waals surface area contributed by atoms with Gasteiger partial charge in [-0.1, -0.05) is 30.3 Å². The summed E-state index contributed by atoms with van der Waals surface area (Å²) in [5.41, 5.74) is 0.777. The molecule has 1 saturated heterocycles. The maximum Gasteiger partial charge on any atom is 0.410 e. The van der Waals surface area contributed by atoms with Crippen molar-refractivity contribution in [2.45, 2.75) is 51.7 Å². The maximum absolute atomic E-state index is 13.2. The molecule has 34 heavy (non-hydrogen) atoms. The van der Waals surface area contributed by atoms with Crippen LogP contribution < -0.4 is 10.6 Å². The van der Waals surface area contributed by atoms with Crippen molar-refractivity contribution < 1.29 is 23.5 Å². The zero-order valence-corrected chi connectivity index (χ0v) is 19.8. The molecule has 1 aliphatic heterocycles. The highest BCUT2D eigenvalue weighted by atomic mass is 19.1. The van der Waals surface area contributed by atoms with E-state index in [4.69, 9.17) is 4.74 Å². The molecule has 0 aliphatic carbocycles. The fraction of sp³-hybridized carbons (Fsp3) is 0.423. The first-order valence-electron chi connectivity index (χ1n) is 11.5. The molecule has 7 nitrogen and oxygen atoms in total. The predicted octanol–water partition coefficient (Wildman–Crippen LogP) is 4.14. The smallest absolute Gasteiger partial charge is 0.410 e. The van der Waals surface area contributed by atoms with Gasteiger partial charge >= 0.3 is 6.09 Å². The van der Waals surface area contributed by atoms with Gasteiger partial charge in [-0.3, -0.25) is 9.59 Å². The normalized spacial score (nSPS) is 15.4. The van der Waals surface area contributed by atoms with Crippen LogP contribution in [0.25, 0.3) is 0 Å². The number of amides is 3. The van der Waals surface area contributed by atoms with Crippen LogP contribution in [0.1, 0.15) is 39.2 Å². The molecule has 1 atom stereocenters. The van der Waals surface area contributed by atoms with Crippen LogP contribution >= 0.6 is 0 Å². The van der Waals surface area contributed by atoms with E-state index in [0.29, 0.717) is 38.0 Å². The highest BCUT2D eigenvalue weighted by molar-refractivity contribution is 5.97. The molecule has 2 aromatic carbocycles. The van der Waals surface area contributed by atoms with E-state index in [9.17, 15) is 18.8 Å². The Labute approximate surface area is 199 Å². The number of carbonyl (C=O) groups is 3. The Bertz CT molecular complexity index is 981. The summed E-state index contributed by atoms with van der Waals surface area (Å²) >= 11 is 0. The van der Waals surface area contributed by atoms with Gasteiger partial charge in [-0.2, -0.15) is 0 Å². The zero-order chi connectivity index (χ0) is 24.7. The van der Waals surface area contributed by atoms with E-state index in [-0.39, 0.29) is 23.8 Å². The Morgan fingerprint density at radius 3 is 2.24 bits per heavy atom. The topological polar surface area (TPSA) is 87.7 Å². The summed E-state index contributed by atoms with van der Waals surface area (Å²) in [7, 11) is 0. The number of piperidine rings is 1. The number of halogens is 1. The second kappa shape index (κ2) is 11.1. The highest BCUT2D eigenvalue weighted by Gasteiger charge is 2.32. The molecular formula is C26H32FN3O4. The third-order valence-corrected chi connectivity index (χ3v) is 5.54. The van der Waals surface area contributed by atoms with Gasteiger partial charge in [-0.25, -0.2) is 9.18 Å². The number of benzene rings is 2. The number of anilines is 1. The van der Waals surface area contributed by atoms with Gasteiger partial charge in [0.15, 0.2) is 0 Å². The minimum absolute atomic E-state index is 0.223. The first kappa shape index (κ1) is 25.2. The lowest BCUT2D eigenvalue weighted by atomic mass is 9.95. The van der Waals surface area contributed by atoms with Gasteiger partial charge in [-0.15, -0.1) is 0 Å². The van der Waals surface area contributed by atoms with Crippen LogP contribution in [0.2, 0.25) is 0 Å². The van der Waals surface area contributed by atoms with E-state index in [2.05, 4.69) is 10.6 Å². The summed E-state index contributed by atoms with van der Waals surface area (Å²) in [5, 5.41) is 5.64. The zero-order valence-electron chi connectivity index (χ0n) is 19.8. The summed E-state index contributed by atoms with van der Waals surface area (Å²) in [5.74, 6) is -1.31. The average molecular weight is 470 g/mol. The lowest BCUT2D eigenvalue weighted by Gasteiger charge is -2.33. The molecular weight excluding hydrogens is 437 g/mol. The molecule has 0 spiro atoms. The standard InChI is InChI=1S/C26H32FN3O4/c1-26(2,3)34-25(33)30-15-13-19(14-16-30)23(31)29-22(17-18-7-5-4-6-8-18)24(32)28-21-11-9-20(27)10-12-21/h4-12,19,22H,13-17H2,1-3H3,(H,28,32)(H,29,31)/t22-/m0/s1. The Hall–Kier alpha value is -3.42. The Balaban J connectivity index is 1.62. The van der Waals surface area contributed by atoms with E-state index in [0.717, 1.165) is 5.56 Å². The van der Waals surface area contributed by atoms with Crippen LogP contribution in [0.15, 0.2) is 54.6 Å².